The number of hydrogen-bond donors (Lipinski definition) is 3. The molecule has 27 heteroatoms. The molecule has 8 aromatic carbocycles. The number of esters is 1. The highest BCUT2D eigenvalue weighted by atomic mass is 127. The Balaban J connectivity index is 0.000000120. The summed E-state index contributed by atoms with van der Waals surface area (Å²) in [4.78, 5) is 31.2. The zero-order chi connectivity index (χ0) is 79.6. The Morgan fingerprint density at radius 2 is 0.833 bits per heavy atom. The molecule has 4 aliphatic heterocycles. The quantitative estimate of drug-likeness (QED) is 0.0433. The Morgan fingerprint density at radius 1 is 0.465 bits per heavy atom. The number of aliphatic hydroxyl groups excluding tert-OH is 2. The van der Waals surface area contributed by atoms with E-state index >= 15 is 0 Å². The van der Waals surface area contributed by atoms with Crippen molar-refractivity contribution < 1.29 is 95.5 Å². The first-order valence-corrected chi connectivity index (χ1v) is 38.1. The molecule has 2 aliphatic carbocycles. The summed E-state index contributed by atoms with van der Waals surface area (Å²) >= 11 is 4.44. The van der Waals surface area contributed by atoms with E-state index in [4.69, 9.17) is 86.3 Å². The summed E-state index contributed by atoms with van der Waals surface area (Å²) in [5.74, 6) is 10.2. The van der Waals surface area contributed by atoms with Gasteiger partial charge in [-0.3, -0.25) is 19.9 Å². The number of aromatic nitrogens is 4. The minimum atomic E-state index is -0.432. The minimum absolute atomic E-state index is 0.0310. The predicted octanol–water partition coefficient (Wildman–Crippen LogP) is 15.8. The second-order valence-corrected chi connectivity index (χ2v) is 28.8. The van der Waals surface area contributed by atoms with Crippen LogP contribution < -0.4 is 81.5 Å². The number of carbonyl (C=O) groups is 1. The molecular formula is C87H77I2N5O20. The summed E-state index contributed by atoms with van der Waals surface area (Å²) in [5.41, 5.74) is 23.0. The zero-order valence-corrected chi connectivity index (χ0v) is 67.8. The highest BCUT2D eigenvalue weighted by Crippen LogP contribution is 2.52. The number of rotatable bonds is 17. The largest absolute Gasteiger partial charge is 0.493 e. The Kier molecular flexibility index (Phi) is 22.7. The number of nitrogens with two attached hydrogens (primary N) is 1. The third-order valence-electron chi connectivity index (χ3n) is 20.3. The topological polar surface area (TPSA) is 292 Å². The third-order valence-corrected chi connectivity index (χ3v) is 22.2. The summed E-state index contributed by atoms with van der Waals surface area (Å²) in [6.07, 6.45) is 12.3. The molecule has 114 heavy (non-hydrogen) atoms. The monoisotopic (exact) mass is 1770 g/mol. The van der Waals surface area contributed by atoms with Crippen LogP contribution in [0.2, 0.25) is 0 Å². The number of ether oxygens (including phenoxy) is 17. The average molecular weight is 1770 g/mol. The molecule has 25 nitrogen and oxygen atoms in total. The van der Waals surface area contributed by atoms with E-state index < -0.39 is 5.97 Å². The van der Waals surface area contributed by atoms with Crippen LogP contribution in [0.5, 0.6) is 92.0 Å². The van der Waals surface area contributed by atoms with Gasteiger partial charge in [-0.15, -0.1) is 0 Å². The van der Waals surface area contributed by atoms with Gasteiger partial charge in [-0.05, 0) is 218 Å². The summed E-state index contributed by atoms with van der Waals surface area (Å²) in [6, 6.07) is 34.4. The standard InChI is InChI=1S/C23H20INO6.C22H20N2O4.C21H18INO5.C21H19NO5/c1-4-29-23(26)16(7-13-8-19(27-2)20(28-3)10-17(13)24)14-5-6-25-18-11-22-21(9-15(14)18)30-12-31-22;1-11(23)13-4-12-5-18(25-2)19(26-3)6-14(12)16-9-24-17-8-21-20(27-10-28-21)7-15(17)22(13)16;1-25-18-6-12(16(22)8-19(18)26-2)5-13(10-24)14-3-4-23-17-9-21-20(7-15(14)17)27-11-28-21;1-24-17-4-11-3-12(9-23)21-14-6-19-20(27-10-26-19)7-16(14)22-8-15(21)13(11)5-18(17)25-2/h5-11H,4,12H2,1-3H3;5-9,13H,1,4,10,23H2,2-3H3;3-9,24H,10-11H2,1-2H3;4-8,12,23H,3,9-10H2,1-2H3/b16-7+;;13-5-;. The smallest absolute Gasteiger partial charge is 0.338 e. The SMILES string of the molecule is C=C(N)C1Cc2cc(OC)c(OC)cc2-c2cnc3cc4c(cc3c21)OCO4.CCOC(=O)/C(=C/c1cc(OC)c(OC)cc1I)c1ccnc2cc3c(cc12)OCO3.COc1cc(I)c(/C=C(/CO)c2ccnc3cc4c(cc23)OCO4)cc1OC.COc1cc2c(cc1OC)-c1cnc3cc4c(cc3c1C(CO)C2)OCO4. The molecule has 18 rings (SSSR count). The van der Waals surface area contributed by atoms with Gasteiger partial charge in [0.05, 0.1) is 104 Å². The number of hydrogen-bond acceptors (Lipinski definition) is 25. The molecule has 0 fully saturated rings. The lowest BCUT2D eigenvalue weighted by molar-refractivity contribution is -0.136. The molecule has 12 aromatic rings. The molecule has 0 saturated heterocycles. The molecule has 8 heterocycles. The van der Waals surface area contributed by atoms with Crippen molar-refractivity contribution in [3.8, 4) is 114 Å². The fourth-order valence-electron chi connectivity index (χ4n) is 14.8. The van der Waals surface area contributed by atoms with E-state index in [-0.39, 0.29) is 58.8 Å². The number of nitrogens with zero attached hydrogens (tertiary/aromatic N) is 4. The molecule has 0 amide bonds. The number of allylic oxidation sites excluding steroid dienone is 1. The molecular weight excluding hydrogens is 1690 g/mol. The van der Waals surface area contributed by atoms with Crippen molar-refractivity contribution in [1.29, 1.82) is 0 Å². The Bertz CT molecular complexity index is 5900. The highest BCUT2D eigenvalue weighted by Gasteiger charge is 2.34. The second kappa shape index (κ2) is 33.4. The second-order valence-electron chi connectivity index (χ2n) is 26.5. The van der Waals surface area contributed by atoms with Crippen LogP contribution in [0.15, 0.2) is 146 Å². The van der Waals surface area contributed by atoms with Crippen molar-refractivity contribution in [3.63, 3.8) is 0 Å². The Morgan fingerprint density at radius 3 is 1.26 bits per heavy atom. The maximum Gasteiger partial charge on any atom is 0.338 e. The maximum absolute atomic E-state index is 13.0. The number of carbonyl (C=O) groups excluding carboxylic acids is 1. The molecule has 2 unspecified atom stereocenters. The molecule has 4 N–H and O–H groups in total. The number of fused-ring (bicyclic) bond motifs is 16. The van der Waals surface area contributed by atoms with Gasteiger partial charge in [0.2, 0.25) is 27.2 Å². The third kappa shape index (κ3) is 14.9. The van der Waals surface area contributed by atoms with Crippen LogP contribution in [0.25, 0.3) is 89.2 Å². The van der Waals surface area contributed by atoms with Crippen molar-refractivity contribution in [2.24, 2.45) is 5.73 Å². The molecule has 2 atom stereocenters. The first-order chi connectivity index (χ1) is 55.5. The number of pyridine rings is 4. The highest BCUT2D eigenvalue weighted by molar-refractivity contribution is 14.1. The van der Waals surface area contributed by atoms with Gasteiger partial charge in [-0.1, -0.05) is 6.58 Å². The first-order valence-electron chi connectivity index (χ1n) is 35.9. The normalized spacial score (nSPS) is 14.7. The van der Waals surface area contributed by atoms with E-state index in [9.17, 15) is 15.0 Å². The molecule has 0 spiro atoms. The number of halogens is 2. The van der Waals surface area contributed by atoms with Crippen LogP contribution >= 0.6 is 45.2 Å². The molecule has 0 radical (unpaired) electrons. The first kappa shape index (κ1) is 77.4. The number of benzene rings is 8. The number of aliphatic hydroxyl groups is 2. The maximum atomic E-state index is 13.0. The molecule has 0 bridgehead atoms. The summed E-state index contributed by atoms with van der Waals surface area (Å²) in [7, 11) is 12.9. The minimum Gasteiger partial charge on any atom is -0.493 e. The van der Waals surface area contributed by atoms with E-state index in [0.717, 1.165) is 124 Å². The van der Waals surface area contributed by atoms with Crippen molar-refractivity contribution in [2.45, 2.75) is 31.6 Å². The summed E-state index contributed by atoms with van der Waals surface area (Å²) in [5, 5.41) is 23.9. The van der Waals surface area contributed by atoms with Gasteiger partial charge >= 0.3 is 5.97 Å². The van der Waals surface area contributed by atoms with Crippen LogP contribution in [0.3, 0.4) is 0 Å². The lowest BCUT2D eigenvalue weighted by Crippen LogP contribution is -2.18. The van der Waals surface area contributed by atoms with E-state index in [1.165, 1.54) is 0 Å². The molecule has 4 aromatic heterocycles. The fourth-order valence-corrected chi connectivity index (χ4v) is 16.0. The summed E-state index contributed by atoms with van der Waals surface area (Å²) in [6.45, 7) is 6.81. The van der Waals surface area contributed by atoms with Crippen LogP contribution in [0.1, 0.15) is 63.3 Å². The van der Waals surface area contributed by atoms with Gasteiger partial charge in [-0.2, -0.15) is 0 Å². The lowest BCUT2D eigenvalue weighted by Gasteiger charge is -2.29. The van der Waals surface area contributed by atoms with Gasteiger partial charge in [-0.25, -0.2) is 4.79 Å². The van der Waals surface area contributed by atoms with E-state index in [1.54, 1.807) is 88.3 Å². The Hall–Kier alpha value is -11.9. The van der Waals surface area contributed by atoms with Gasteiger partial charge in [0.1, 0.15) is 0 Å². The van der Waals surface area contributed by atoms with Gasteiger partial charge < -0.3 is 96.5 Å². The van der Waals surface area contributed by atoms with E-state index in [2.05, 4.69) is 71.7 Å². The summed E-state index contributed by atoms with van der Waals surface area (Å²) < 4.78 is 94.8. The van der Waals surface area contributed by atoms with Gasteiger partial charge in [0, 0.05) is 112 Å². The molecule has 0 saturated carbocycles. The lowest BCUT2D eigenvalue weighted by atomic mass is 9.76. The van der Waals surface area contributed by atoms with Gasteiger partial charge in [0.25, 0.3) is 0 Å². The Labute approximate surface area is 682 Å². The molecule has 6 aliphatic rings. The average Bonchev–Trinajstić information content (AvgIpc) is 1.00. The van der Waals surface area contributed by atoms with Crippen LogP contribution in [0, 0.1) is 7.14 Å². The van der Waals surface area contributed by atoms with Crippen molar-refractivity contribution in [3.05, 3.63) is 198 Å². The van der Waals surface area contributed by atoms with Gasteiger partial charge in [0.15, 0.2) is 92.0 Å². The van der Waals surface area contributed by atoms with E-state index in [0.29, 0.717) is 115 Å². The van der Waals surface area contributed by atoms with Crippen LogP contribution in [-0.2, 0) is 22.4 Å². The predicted molar refractivity (Wildman–Crippen MR) is 446 cm³/mol. The zero-order valence-electron chi connectivity index (χ0n) is 63.4. The van der Waals surface area contributed by atoms with E-state index in [1.807, 2.05) is 122 Å². The fraction of sp³-hybridized carbons (Fsp3) is 0.230. The van der Waals surface area contributed by atoms with Crippen molar-refractivity contribution >= 4 is 118 Å². The van der Waals surface area contributed by atoms with Crippen molar-refractivity contribution in [1.82, 2.24) is 19.9 Å². The van der Waals surface area contributed by atoms with Crippen LogP contribution in [0.4, 0.5) is 0 Å². The number of methoxy groups -OCH3 is 8. The van der Waals surface area contributed by atoms with Crippen molar-refractivity contribution in [2.75, 3.05) is 104 Å². The molecule has 584 valence electrons. The van der Waals surface area contributed by atoms with Crippen LogP contribution in [-0.4, -0.2) is 140 Å².